The summed E-state index contributed by atoms with van der Waals surface area (Å²) in [6.45, 7) is 14.1. The van der Waals surface area contributed by atoms with E-state index in [1.165, 1.54) is 6.42 Å². The van der Waals surface area contributed by atoms with E-state index in [2.05, 4.69) is 40.7 Å². The monoisotopic (exact) mass is 385 g/mol. The van der Waals surface area contributed by atoms with Crippen LogP contribution in [0.1, 0.15) is 100 Å². The summed E-state index contributed by atoms with van der Waals surface area (Å²) in [7, 11) is 0. The second kappa shape index (κ2) is 7.20. The van der Waals surface area contributed by atoms with Crippen LogP contribution in [-0.2, 0) is 16.8 Å². The van der Waals surface area contributed by atoms with Gasteiger partial charge in [0.2, 0.25) is 0 Å². The van der Waals surface area contributed by atoms with E-state index in [1.807, 2.05) is 11.0 Å². The van der Waals surface area contributed by atoms with E-state index in [0.717, 1.165) is 36.0 Å². The second-order valence-corrected chi connectivity index (χ2v) is 10.4. The molecule has 0 radical (unpaired) electrons. The van der Waals surface area contributed by atoms with Crippen molar-refractivity contribution >= 4 is 11.9 Å². The minimum atomic E-state index is -0.817. The molecule has 1 fully saturated rings. The van der Waals surface area contributed by atoms with E-state index in [4.69, 9.17) is 0 Å². The van der Waals surface area contributed by atoms with Crippen molar-refractivity contribution in [3.8, 4) is 0 Å². The molecule has 0 unspecified atom stereocenters. The molecule has 1 amide bonds. The molecule has 1 aliphatic heterocycles. The van der Waals surface area contributed by atoms with Crippen LogP contribution in [0, 0.1) is 11.3 Å². The van der Waals surface area contributed by atoms with Crippen molar-refractivity contribution in [2.75, 3.05) is 6.54 Å². The lowest BCUT2D eigenvalue weighted by molar-refractivity contribution is -0.138. The number of rotatable bonds is 5. The molecule has 154 valence electrons. The molecule has 1 aliphatic carbocycles. The van der Waals surface area contributed by atoms with Crippen molar-refractivity contribution in [3.63, 3.8) is 0 Å². The molecule has 4 heteroatoms. The van der Waals surface area contributed by atoms with E-state index in [9.17, 15) is 14.7 Å². The summed E-state index contributed by atoms with van der Waals surface area (Å²) in [6, 6.07) is 4.02. The first-order chi connectivity index (χ1) is 12.9. The van der Waals surface area contributed by atoms with Gasteiger partial charge in [-0.3, -0.25) is 9.59 Å². The zero-order valence-electron chi connectivity index (χ0n) is 18.3. The van der Waals surface area contributed by atoms with Crippen LogP contribution in [-0.4, -0.2) is 28.4 Å². The Hall–Kier alpha value is -1.84. The Kier molecular flexibility index (Phi) is 5.37. The third kappa shape index (κ3) is 3.70. The van der Waals surface area contributed by atoms with Crippen LogP contribution in [0.15, 0.2) is 12.1 Å². The lowest BCUT2D eigenvalue weighted by Crippen LogP contribution is -2.36. The highest BCUT2D eigenvalue weighted by Crippen LogP contribution is 2.50. The molecule has 1 heterocycles. The molecule has 0 spiro atoms. The highest BCUT2D eigenvalue weighted by Gasteiger charge is 2.42. The molecule has 0 saturated heterocycles. The zero-order valence-corrected chi connectivity index (χ0v) is 18.3. The topological polar surface area (TPSA) is 57.6 Å². The summed E-state index contributed by atoms with van der Waals surface area (Å²) in [5.74, 6) is -1.00. The molecule has 4 nitrogen and oxygen atoms in total. The zero-order chi connectivity index (χ0) is 20.9. The predicted molar refractivity (Wildman–Crippen MR) is 112 cm³/mol. The van der Waals surface area contributed by atoms with Crippen LogP contribution in [0.4, 0.5) is 0 Å². The van der Waals surface area contributed by atoms with Crippen LogP contribution >= 0.6 is 0 Å². The molecule has 2 atom stereocenters. The Labute approximate surface area is 169 Å². The largest absolute Gasteiger partial charge is 0.481 e. The fourth-order valence-corrected chi connectivity index (χ4v) is 5.62. The molecule has 1 saturated carbocycles. The number of hydrogen-bond acceptors (Lipinski definition) is 2. The molecule has 0 aromatic heterocycles. The fourth-order valence-electron chi connectivity index (χ4n) is 5.62. The first-order valence-electron chi connectivity index (χ1n) is 10.6. The first-order valence-corrected chi connectivity index (χ1v) is 10.6. The average molecular weight is 386 g/mol. The van der Waals surface area contributed by atoms with Gasteiger partial charge in [0.1, 0.15) is 0 Å². The van der Waals surface area contributed by atoms with Gasteiger partial charge < -0.3 is 10.0 Å². The Morgan fingerprint density at radius 3 is 2.43 bits per heavy atom. The molecular weight excluding hydrogens is 350 g/mol. The maximum Gasteiger partial charge on any atom is 0.310 e. The number of amides is 1. The minimum Gasteiger partial charge on any atom is -0.481 e. The van der Waals surface area contributed by atoms with Gasteiger partial charge in [-0.1, -0.05) is 47.1 Å². The van der Waals surface area contributed by atoms with E-state index in [-0.39, 0.29) is 16.7 Å². The van der Waals surface area contributed by atoms with Crippen molar-refractivity contribution < 1.29 is 14.7 Å². The van der Waals surface area contributed by atoms with Crippen molar-refractivity contribution in [1.82, 2.24) is 4.90 Å². The Morgan fingerprint density at radius 1 is 1.18 bits per heavy atom. The first kappa shape index (κ1) is 20.9. The standard InChI is InChI=1S/C24H35NO3/c1-15(2)12-25-13-18-17(21(25)26)8-9-19(20(18)16(3)22(27)28)24(6)11-7-10-23(4,5)14-24/h8-9,15-16H,7,10-14H2,1-6H3,(H,27,28)/t16-,24+/m1/s1. The normalized spacial score (nSPS) is 25.1. The van der Waals surface area contributed by atoms with E-state index >= 15 is 0 Å². The predicted octanol–water partition coefficient (Wildman–Crippen LogP) is 5.34. The number of carbonyl (C=O) groups excluding carboxylic acids is 1. The highest BCUT2D eigenvalue weighted by molar-refractivity contribution is 5.99. The number of carboxylic acids is 1. The maximum absolute atomic E-state index is 12.9. The summed E-state index contributed by atoms with van der Waals surface area (Å²) in [4.78, 5) is 26.8. The number of carboxylic acid groups (broad SMARTS) is 1. The summed E-state index contributed by atoms with van der Waals surface area (Å²) < 4.78 is 0. The lowest BCUT2D eigenvalue weighted by atomic mass is 9.60. The van der Waals surface area contributed by atoms with Crippen molar-refractivity contribution in [2.45, 2.75) is 85.1 Å². The van der Waals surface area contributed by atoms with Crippen LogP contribution in [0.2, 0.25) is 0 Å². The number of fused-ring (bicyclic) bond motifs is 1. The van der Waals surface area contributed by atoms with Gasteiger partial charge in [0.05, 0.1) is 5.92 Å². The molecule has 1 N–H and O–H groups in total. The average Bonchev–Trinajstić information content (AvgIpc) is 2.87. The van der Waals surface area contributed by atoms with Gasteiger partial charge in [-0.05, 0) is 65.7 Å². The van der Waals surface area contributed by atoms with Crippen LogP contribution in [0.3, 0.4) is 0 Å². The molecular formula is C24H35NO3. The molecule has 3 rings (SSSR count). The van der Waals surface area contributed by atoms with Gasteiger partial charge in [0.25, 0.3) is 5.91 Å². The van der Waals surface area contributed by atoms with Gasteiger partial charge in [0.15, 0.2) is 0 Å². The summed E-state index contributed by atoms with van der Waals surface area (Å²) in [6.07, 6.45) is 4.47. The third-order valence-electron chi connectivity index (χ3n) is 6.71. The van der Waals surface area contributed by atoms with Gasteiger partial charge in [-0.25, -0.2) is 0 Å². The van der Waals surface area contributed by atoms with E-state index in [1.54, 1.807) is 6.92 Å². The Balaban J connectivity index is 2.13. The highest BCUT2D eigenvalue weighted by atomic mass is 16.4. The van der Waals surface area contributed by atoms with Crippen molar-refractivity contribution in [2.24, 2.45) is 11.3 Å². The second-order valence-electron chi connectivity index (χ2n) is 10.4. The van der Waals surface area contributed by atoms with Crippen LogP contribution < -0.4 is 0 Å². The third-order valence-corrected chi connectivity index (χ3v) is 6.71. The van der Waals surface area contributed by atoms with Gasteiger partial charge in [-0.15, -0.1) is 0 Å². The number of nitrogens with zero attached hydrogens (tertiary/aromatic N) is 1. The molecule has 0 bridgehead atoms. The lowest BCUT2D eigenvalue weighted by Gasteiger charge is -2.44. The van der Waals surface area contributed by atoms with Gasteiger partial charge in [0, 0.05) is 18.7 Å². The van der Waals surface area contributed by atoms with E-state index < -0.39 is 11.9 Å². The summed E-state index contributed by atoms with van der Waals surface area (Å²) in [5, 5.41) is 9.85. The fraction of sp³-hybridized carbons (Fsp3) is 0.667. The molecule has 28 heavy (non-hydrogen) atoms. The number of benzene rings is 1. The number of hydrogen-bond donors (Lipinski definition) is 1. The molecule has 1 aromatic rings. The van der Waals surface area contributed by atoms with Gasteiger partial charge in [-0.2, -0.15) is 0 Å². The summed E-state index contributed by atoms with van der Waals surface area (Å²) in [5.41, 5.74) is 3.88. The maximum atomic E-state index is 12.9. The number of aliphatic carboxylic acids is 1. The quantitative estimate of drug-likeness (QED) is 0.744. The molecule has 2 aliphatic rings. The Bertz CT molecular complexity index is 795. The smallest absolute Gasteiger partial charge is 0.310 e. The van der Waals surface area contributed by atoms with Crippen LogP contribution in [0.25, 0.3) is 0 Å². The SMILES string of the molecule is CC(C)CN1Cc2c(ccc([C@@]3(C)CCCC(C)(C)C3)c2[C@@H](C)C(=O)O)C1=O. The minimum absolute atomic E-state index is 0.0446. The number of carbonyl (C=O) groups is 2. The van der Waals surface area contributed by atoms with Crippen molar-refractivity contribution in [1.29, 1.82) is 0 Å². The van der Waals surface area contributed by atoms with Crippen molar-refractivity contribution in [3.05, 3.63) is 34.4 Å². The van der Waals surface area contributed by atoms with E-state index in [0.29, 0.717) is 24.6 Å². The summed E-state index contributed by atoms with van der Waals surface area (Å²) >= 11 is 0. The van der Waals surface area contributed by atoms with Crippen LogP contribution in [0.5, 0.6) is 0 Å². The molecule has 1 aromatic carbocycles. The Morgan fingerprint density at radius 2 is 1.86 bits per heavy atom. The van der Waals surface area contributed by atoms with Gasteiger partial charge >= 0.3 is 5.97 Å².